The van der Waals surface area contributed by atoms with Crippen LogP contribution in [0.15, 0.2) is 47.4 Å². The zero-order valence-electron chi connectivity index (χ0n) is 13.2. The molecule has 0 aliphatic rings. The maximum Gasteiger partial charge on any atom is 0.387 e. The van der Waals surface area contributed by atoms with Gasteiger partial charge in [0.2, 0.25) is 10.0 Å². The first-order valence-electron chi connectivity index (χ1n) is 7.19. The van der Waals surface area contributed by atoms with Crippen LogP contribution in [0, 0.1) is 0 Å². The first-order chi connectivity index (χ1) is 11.8. The Morgan fingerprint density at radius 2 is 1.80 bits per heavy atom. The Morgan fingerprint density at radius 3 is 2.40 bits per heavy atom. The Kier molecular flexibility index (Phi) is 6.57. The number of nitrogens with one attached hydrogen (secondary N) is 1. The van der Waals surface area contributed by atoms with Gasteiger partial charge in [-0.25, -0.2) is 13.1 Å². The molecule has 0 amide bonds. The number of hydrogen-bond donors (Lipinski definition) is 1. The number of hydrogen-bond acceptors (Lipinski definition) is 4. The fraction of sp³-hybridized carbons (Fsp3) is 0.250. The van der Waals surface area contributed by atoms with Gasteiger partial charge in [-0.15, -0.1) is 0 Å². The molecule has 0 aliphatic carbocycles. The van der Waals surface area contributed by atoms with Crippen LogP contribution in [0.4, 0.5) is 8.78 Å². The minimum atomic E-state index is -3.65. The van der Waals surface area contributed by atoms with E-state index in [4.69, 9.17) is 16.3 Å². The van der Waals surface area contributed by atoms with Crippen molar-refractivity contribution in [3.8, 4) is 11.5 Å². The molecule has 0 radical (unpaired) electrons. The molecule has 0 saturated heterocycles. The van der Waals surface area contributed by atoms with Crippen molar-refractivity contribution < 1.29 is 26.7 Å². The highest BCUT2D eigenvalue weighted by Gasteiger charge is 2.14. The summed E-state index contributed by atoms with van der Waals surface area (Å²) in [4.78, 5) is 0.107. The minimum absolute atomic E-state index is 0.0806. The molecule has 0 fully saturated rings. The molecule has 0 bridgehead atoms. The van der Waals surface area contributed by atoms with Gasteiger partial charge < -0.3 is 9.47 Å². The quantitative estimate of drug-likeness (QED) is 0.748. The van der Waals surface area contributed by atoms with Gasteiger partial charge in [0.1, 0.15) is 0 Å². The summed E-state index contributed by atoms with van der Waals surface area (Å²) in [7, 11) is -2.32. The fourth-order valence-electron chi connectivity index (χ4n) is 2.09. The lowest BCUT2D eigenvalue weighted by molar-refractivity contribution is -0.0512. The van der Waals surface area contributed by atoms with Crippen molar-refractivity contribution in [2.24, 2.45) is 0 Å². The van der Waals surface area contributed by atoms with E-state index in [-0.39, 0.29) is 22.9 Å². The van der Waals surface area contributed by atoms with Crippen molar-refractivity contribution in [1.29, 1.82) is 0 Å². The molecule has 9 heteroatoms. The first-order valence-corrected chi connectivity index (χ1v) is 9.05. The molecular formula is C16H16ClF2NO4S. The number of ether oxygens (including phenoxy) is 2. The Balaban J connectivity index is 2.00. The van der Waals surface area contributed by atoms with Crippen LogP contribution in [0.2, 0.25) is 5.02 Å². The van der Waals surface area contributed by atoms with E-state index < -0.39 is 16.6 Å². The highest BCUT2D eigenvalue weighted by Crippen LogP contribution is 2.29. The van der Waals surface area contributed by atoms with Gasteiger partial charge in [-0.1, -0.05) is 17.7 Å². The molecular weight excluding hydrogens is 376 g/mol. The number of methoxy groups -OCH3 is 1. The molecule has 1 N–H and O–H groups in total. The van der Waals surface area contributed by atoms with Crippen LogP contribution in [0.25, 0.3) is 0 Å². The second-order valence-corrected chi connectivity index (χ2v) is 7.17. The summed E-state index contributed by atoms with van der Waals surface area (Å²) in [5, 5.41) is 0.442. The monoisotopic (exact) mass is 391 g/mol. The first kappa shape index (κ1) is 19.4. The van der Waals surface area contributed by atoms with Crippen molar-refractivity contribution in [3.05, 3.63) is 53.1 Å². The maximum absolute atomic E-state index is 12.3. The van der Waals surface area contributed by atoms with E-state index in [1.165, 1.54) is 43.5 Å². The molecule has 136 valence electrons. The predicted octanol–water partition coefficient (Wildman–Crippen LogP) is 3.47. The van der Waals surface area contributed by atoms with Crippen molar-refractivity contribution in [1.82, 2.24) is 4.72 Å². The highest BCUT2D eigenvalue weighted by atomic mass is 35.5. The summed E-state index contributed by atoms with van der Waals surface area (Å²) in [6, 6.07) is 10.2. The summed E-state index contributed by atoms with van der Waals surface area (Å²) in [5.41, 5.74) is 0.706. The molecule has 25 heavy (non-hydrogen) atoms. The van der Waals surface area contributed by atoms with E-state index >= 15 is 0 Å². The average molecular weight is 392 g/mol. The Labute approximate surface area is 149 Å². The van der Waals surface area contributed by atoms with Crippen molar-refractivity contribution in [2.75, 3.05) is 13.7 Å². The molecule has 0 saturated carbocycles. The largest absolute Gasteiger partial charge is 0.493 e. The molecule has 2 aromatic carbocycles. The number of rotatable bonds is 8. The zero-order valence-corrected chi connectivity index (χ0v) is 14.8. The zero-order chi connectivity index (χ0) is 18.4. The third-order valence-electron chi connectivity index (χ3n) is 3.27. The van der Waals surface area contributed by atoms with Gasteiger partial charge in [0.15, 0.2) is 11.5 Å². The third-order valence-corrected chi connectivity index (χ3v) is 5.00. The van der Waals surface area contributed by atoms with Crippen LogP contribution in [0.1, 0.15) is 5.56 Å². The van der Waals surface area contributed by atoms with Gasteiger partial charge in [-0.2, -0.15) is 8.78 Å². The predicted molar refractivity (Wildman–Crippen MR) is 90.0 cm³/mol. The Hall–Kier alpha value is -1.90. The molecule has 0 unspecified atom stereocenters. The lowest BCUT2D eigenvalue weighted by Crippen LogP contribution is -2.26. The fourth-order valence-corrected chi connectivity index (χ4v) is 3.25. The maximum atomic E-state index is 12.3. The van der Waals surface area contributed by atoms with Crippen molar-refractivity contribution in [3.63, 3.8) is 0 Å². The van der Waals surface area contributed by atoms with Crippen LogP contribution in [-0.2, 0) is 16.4 Å². The Bertz CT molecular complexity index is 813. The van der Waals surface area contributed by atoms with Crippen LogP contribution < -0.4 is 14.2 Å². The van der Waals surface area contributed by atoms with Gasteiger partial charge in [0, 0.05) is 11.6 Å². The molecule has 0 aliphatic heterocycles. The second-order valence-electron chi connectivity index (χ2n) is 4.97. The summed E-state index contributed by atoms with van der Waals surface area (Å²) >= 11 is 5.73. The van der Waals surface area contributed by atoms with Crippen LogP contribution in [-0.4, -0.2) is 28.7 Å². The van der Waals surface area contributed by atoms with Crippen molar-refractivity contribution >= 4 is 21.6 Å². The van der Waals surface area contributed by atoms with Crippen LogP contribution in [0.5, 0.6) is 11.5 Å². The molecule has 0 spiro atoms. The molecule has 0 heterocycles. The van der Waals surface area contributed by atoms with Gasteiger partial charge in [-0.3, -0.25) is 0 Å². The normalized spacial score (nSPS) is 11.6. The lowest BCUT2D eigenvalue weighted by atomic mass is 10.1. The third kappa shape index (κ3) is 5.55. The Morgan fingerprint density at radius 1 is 1.12 bits per heavy atom. The minimum Gasteiger partial charge on any atom is -0.493 e. The smallest absolute Gasteiger partial charge is 0.387 e. The van der Waals surface area contributed by atoms with Crippen LogP contribution in [0.3, 0.4) is 0 Å². The van der Waals surface area contributed by atoms with Gasteiger partial charge >= 0.3 is 6.61 Å². The van der Waals surface area contributed by atoms with Gasteiger partial charge in [0.25, 0.3) is 0 Å². The number of benzene rings is 2. The number of alkyl halides is 2. The van der Waals surface area contributed by atoms with E-state index in [1.807, 2.05) is 0 Å². The molecule has 0 atom stereocenters. The van der Waals surface area contributed by atoms with E-state index in [9.17, 15) is 17.2 Å². The van der Waals surface area contributed by atoms with E-state index in [0.717, 1.165) is 0 Å². The number of sulfonamides is 1. The van der Waals surface area contributed by atoms with E-state index in [2.05, 4.69) is 9.46 Å². The summed E-state index contributed by atoms with van der Waals surface area (Å²) < 4.78 is 60.7. The highest BCUT2D eigenvalue weighted by molar-refractivity contribution is 7.89. The van der Waals surface area contributed by atoms with Crippen molar-refractivity contribution in [2.45, 2.75) is 17.9 Å². The second kappa shape index (κ2) is 8.46. The lowest BCUT2D eigenvalue weighted by Gasteiger charge is -2.12. The van der Waals surface area contributed by atoms with E-state index in [1.54, 1.807) is 6.07 Å². The standard InChI is InChI=1S/C16H16ClF2NO4S/c1-23-15-10-11(2-7-14(15)24-16(18)19)8-9-20-25(21,22)13-5-3-12(17)4-6-13/h2-7,10,16,20H,8-9H2,1H3. The summed E-state index contributed by atoms with van der Waals surface area (Å²) in [5.74, 6) is 0.0707. The van der Waals surface area contributed by atoms with Gasteiger partial charge in [0.05, 0.1) is 12.0 Å². The molecule has 0 aromatic heterocycles. The summed E-state index contributed by atoms with van der Waals surface area (Å²) in [6.45, 7) is -2.82. The van der Waals surface area contributed by atoms with Crippen LogP contribution >= 0.6 is 11.6 Å². The topological polar surface area (TPSA) is 64.6 Å². The average Bonchev–Trinajstić information content (AvgIpc) is 2.56. The molecule has 2 rings (SSSR count). The SMILES string of the molecule is COc1cc(CCNS(=O)(=O)c2ccc(Cl)cc2)ccc1OC(F)F. The summed E-state index contributed by atoms with van der Waals surface area (Å²) in [6.07, 6.45) is 0.345. The van der Waals surface area contributed by atoms with Gasteiger partial charge in [-0.05, 0) is 48.4 Å². The van der Waals surface area contributed by atoms with E-state index in [0.29, 0.717) is 17.0 Å². The molecule has 5 nitrogen and oxygen atoms in total. The molecule has 2 aromatic rings. The number of halogens is 3.